The Morgan fingerprint density at radius 1 is 1.11 bits per heavy atom. The van der Waals surface area contributed by atoms with Crippen LogP contribution in [0.15, 0.2) is 58.3 Å². The highest BCUT2D eigenvalue weighted by Gasteiger charge is 2.26. The van der Waals surface area contributed by atoms with Crippen LogP contribution >= 0.6 is 23.5 Å². The number of carbonyl (C=O) groups is 2. The van der Waals surface area contributed by atoms with Crippen molar-refractivity contribution < 1.29 is 9.59 Å². The van der Waals surface area contributed by atoms with Crippen molar-refractivity contribution in [1.29, 1.82) is 0 Å². The average Bonchev–Trinajstić information content (AvgIpc) is 3.19. The largest absolute Gasteiger partial charge is 0.325 e. The Morgan fingerprint density at radius 3 is 2.63 bits per heavy atom. The van der Waals surface area contributed by atoms with Gasteiger partial charge in [0.25, 0.3) is 0 Å². The molecular formula is C21H22N2O2S2. The smallest absolute Gasteiger partial charge is 0.244 e. The Morgan fingerprint density at radius 2 is 1.85 bits per heavy atom. The van der Waals surface area contributed by atoms with Gasteiger partial charge in [-0.25, -0.2) is 0 Å². The van der Waals surface area contributed by atoms with Gasteiger partial charge in [0.2, 0.25) is 11.8 Å². The normalized spacial score (nSPS) is 17.0. The van der Waals surface area contributed by atoms with Crippen molar-refractivity contribution in [3.63, 3.8) is 0 Å². The highest BCUT2D eigenvalue weighted by Crippen LogP contribution is 2.36. The number of fused-ring (bicyclic) bond motifs is 1. The van der Waals surface area contributed by atoms with Crippen LogP contribution < -0.4 is 10.2 Å². The number of thioether (sulfide) groups is 2. The number of amides is 2. The molecule has 0 bridgehead atoms. The third kappa shape index (κ3) is 4.50. The topological polar surface area (TPSA) is 49.4 Å². The van der Waals surface area contributed by atoms with Crippen molar-refractivity contribution in [2.45, 2.75) is 40.7 Å². The standard InChI is InChI=1S/C21H22N2O2S2/c24-20(13-23-18-7-3-4-8-19(18)26-14-21(23)25)22-15-9-11-17(12-10-15)27-16-5-1-2-6-16/h3-4,7-12,16H,1-2,5-6,13-14H2,(H,22,24). The van der Waals surface area contributed by atoms with E-state index in [2.05, 4.69) is 17.4 Å². The SMILES string of the molecule is O=C(CN1C(=O)CSc2ccccc21)Nc1ccc(SC2CCCC2)cc1. The molecule has 0 aromatic heterocycles. The molecule has 1 aliphatic heterocycles. The van der Waals surface area contributed by atoms with Crippen LogP contribution in [0.3, 0.4) is 0 Å². The Labute approximate surface area is 168 Å². The lowest BCUT2D eigenvalue weighted by Gasteiger charge is -2.28. The summed E-state index contributed by atoms with van der Waals surface area (Å²) < 4.78 is 0. The first-order valence-electron chi connectivity index (χ1n) is 9.28. The van der Waals surface area contributed by atoms with Gasteiger partial charge in [-0.1, -0.05) is 25.0 Å². The van der Waals surface area contributed by atoms with E-state index in [1.807, 2.05) is 48.2 Å². The quantitative estimate of drug-likeness (QED) is 0.786. The fraction of sp³-hybridized carbons (Fsp3) is 0.333. The molecule has 0 radical (unpaired) electrons. The van der Waals surface area contributed by atoms with Crippen molar-refractivity contribution in [3.8, 4) is 0 Å². The van der Waals surface area contributed by atoms with E-state index in [1.165, 1.54) is 42.3 Å². The predicted octanol–water partition coefficient (Wildman–Crippen LogP) is 4.80. The van der Waals surface area contributed by atoms with E-state index < -0.39 is 0 Å². The lowest BCUT2D eigenvalue weighted by Crippen LogP contribution is -2.41. The molecule has 1 heterocycles. The number of anilines is 2. The first kappa shape index (κ1) is 18.4. The van der Waals surface area contributed by atoms with Gasteiger partial charge in [0, 0.05) is 20.7 Å². The van der Waals surface area contributed by atoms with Gasteiger partial charge in [0.15, 0.2) is 0 Å². The molecule has 6 heteroatoms. The number of rotatable bonds is 5. The molecule has 1 fully saturated rings. The van der Waals surface area contributed by atoms with Gasteiger partial charge >= 0.3 is 0 Å². The molecule has 140 valence electrons. The minimum atomic E-state index is -0.179. The lowest BCUT2D eigenvalue weighted by molar-refractivity contribution is -0.120. The number of hydrogen-bond donors (Lipinski definition) is 1. The molecule has 0 atom stereocenters. The zero-order valence-electron chi connectivity index (χ0n) is 15.0. The van der Waals surface area contributed by atoms with Crippen molar-refractivity contribution >= 4 is 46.7 Å². The van der Waals surface area contributed by atoms with Gasteiger partial charge in [-0.3, -0.25) is 9.59 Å². The Bertz CT molecular complexity index is 832. The number of carbonyl (C=O) groups excluding carboxylic acids is 2. The predicted molar refractivity (Wildman–Crippen MR) is 113 cm³/mol. The minimum Gasteiger partial charge on any atom is -0.325 e. The van der Waals surface area contributed by atoms with E-state index in [-0.39, 0.29) is 18.4 Å². The third-order valence-corrected chi connectivity index (χ3v) is 7.25. The number of nitrogens with one attached hydrogen (secondary N) is 1. The first-order chi connectivity index (χ1) is 13.2. The zero-order valence-corrected chi connectivity index (χ0v) is 16.7. The van der Waals surface area contributed by atoms with Crippen LogP contribution in [0.4, 0.5) is 11.4 Å². The van der Waals surface area contributed by atoms with E-state index in [0.29, 0.717) is 5.75 Å². The van der Waals surface area contributed by atoms with Crippen LogP contribution in [0.5, 0.6) is 0 Å². The van der Waals surface area contributed by atoms with Crippen molar-refractivity contribution in [3.05, 3.63) is 48.5 Å². The maximum atomic E-state index is 12.5. The van der Waals surface area contributed by atoms with E-state index in [4.69, 9.17) is 0 Å². The summed E-state index contributed by atoms with van der Waals surface area (Å²) in [6, 6.07) is 15.7. The van der Waals surface area contributed by atoms with Gasteiger partial charge in [-0.15, -0.1) is 23.5 Å². The van der Waals surface area contributed by atoms with E-state index >= 15 is 0 Å². The summed E-state index contributed by atoms with van der Waals surface area (Å²) in [5, 5.41) is 3.64. The molecule has 4 rings (SSSR count). The summed E-state index contributed by atoms with van der Waals surface area (Å²) in [6.45, 7) is 0.0367. The van der Waals surface area contributed by atoms with Gasteiger partial charge in [-0.2, -0.15) is 0 Å². The molecule has 1 aliphatic carbocycles. The Balaban J connectivity index is 1.37. The molecule has 4 nitrogen and oxygen atoms in total. The summed E-state index contributed by atoms with van der Waals surface area (Å²) in [5.41, 5.74) is 1.58. The zero-order chi connectivity index (χ0) is 18.6. The summed E-state index contributed by atoms with van der Waals surface area (Å²) >= 11 is 3.45. The molecule has 1 saturated carbocycles. The van der Waals surface area contributed by atoms with Crippen LogP contribution in [0.2, 0.25) is 0 Å². The van der Waals surface area contributed by atoms with E-state index in [9.17, 15) is 9.59 Å². The fourth-order valence-electron chi connectivity index (χ4n) is 3.49. The lowest BCUT2D eigenvalue weighted by atomic mass is 10.2. The Hall–Kier alpha value is -1.92. The summed E-state index contributed by atoms with van der Waals surface area (Å²) in [4.78, 5) is 28.6. The molecule has 2 aromatic rings. The molecule has 27 heavy (non-hydrogen) atoms. The maximum Gasteiger partial charge on any atom is 0.244 e. The maximum absolute atomic E-state index is 12.5. The summed E-state index contributed by atoms with van der Waals surface area (Å²) in [6.07, 6.45) is 5.27. The molecule has 0 saturated heterocycles. The number of para-hydroxylation sites is 1. The average molecular weight is 399 g/mol. The van der Waals surface area contributed by atoms with Gasteiger partial charge in [0.05, 0.1) is 11.4 Å². The third-order valence-electron chi connectivity index (χ3n) is 4.85. The second-order valence-electron chi connectivity index (χ2n) is 6.83. The highest BCUT2D eigenvalue weighted by atomic mass is 32.2. The van der Waals surface area contributed by atoms with Crippen molar-refractivity contribution in [1.82, 2.24) is 0 Å². The fourth-order valence-corrected chi connectivity index (χ4v) is 5.67. The van der Waals surface area contributed by atoms with Crippen LogP contribution in [-0.2, 0) is 9.59 Å². The van der Waals surface area contributed by atoms with Crippen LogP contribution in [0.1, 0.15) is 25.7 Å². The number of hydrogen-bond acceptors (Lipinski definition) is 4. The minimum absolute atomic E-state index is 0.0304. The second kappa shape index (κ2) is 8.40. The number of benzene rings is 2. The van der Waals surface area contributed by atoms with Gasteiger partial charge < -0.3 is 10.2 Å². The van der Waals surface area contributed by atoms with Crippen molar-refractivity contribution in [2.24, 2.45) is 0 Å². The van der Waals surface area contributed by atoms with Crippen LogP contribution in [-0.4, -0.2) is 29.4 Å². The number of nitrogens with zero attached hydrogens (tertiary/aromatic N) is 1. The second-order valence-corrected chi connectivity index (χ2v) is 9.22. The molecule has 0 unspecified atom stereocenters. The van der Waals surface area contributed by atoms with Crippen molar-refractivity contribution in [2.75, 3.05) is 22.5 Å². The van der Waals surface area contributed by atoms with E-state index in [1.54, 1.807) is 4.90 Å². The van der Waals surface area contributed by atoms with Gasteiger partial charge in [0.1, 0.15) is 6.54 Å². The molecular weight excluding hydrogens is 376 g/mol. The van der Waals surface area contributed by atoms with Crippen LogP contribution in [0, 0.1) is 0 Å². The molecule has 2 aliphatic rings. The highest BCUT2D eigenvalue weighted by molar-refractivity contribution is 8.00. The molecule has 0 spiro atoms. The molecule has 1 N–H and O–H groups in total. The Kier molecular flexibility index (Phi) is 5.74. The summed E-state index contributed by atoms with van der Waals surface area (Å²) in [7, 11) is 0. The molecule has 2 amide bonds. The molecule has 2 aromatic carbocycles. The van der Waals surface area contributed by atoms with Crippen LogP contribution in [0.25, 0.3) is 0 Å². The first-order valence-corrected chi connectivity index (χ1v) is 11.1. The summed E-state index contributed by atoms with van der Waals surface area (Å²) in [5.74, 6) is 0.163. The van der Waals surface area contributed by atoms with E-state index in [0.717, 1.165) is 21.5 Å². The monoisotopic (exact) mass is 398 g/mol. The van der Waals surface area contributed by atoms with Gasteiger partial charge in [-0.05, 0) is 49.2 Å².